The summed E-state index contributed by atoms with van der Waals surface area (Å²) in [6, 6.07) is 10.7. The highest BCUT2D eigenvalue weighted by Crippen LogP contribution is 2.21. The van der Waals surface area contributed by atoms with Crippen molar-refractivity contribution in [2.45, 2.75) is 38.9 Å². The molecule has 0 spiro atoms. The number of halogens is 1. The molecule has 0 aliphatic rings. The molecule has 1 rings (SSSR count). The number of rotatable bonds is 5. The van der Waals surface area contributed by atoms with Gasteiger partial charge in [-0.05, 0) is 28.9 Å². The number of hydrogen-bond acceptors (Lipinski definition) is 0. The zero-order chi connectivity index (χ0) is 12.0. The van der Waals surface area contributed by atoms with Gasteiger partial charge in [0, 0.05) is 0 Å². The third-order valence-electron chi connectivity index (χ3n) is 2.55. The van der Waals surface area contributed by atoms with Crippen molar-refractivity contribution in [3.05, 3.63) is 46.1 Å². The minimum Gasteiger partial charge on any atom is -0.0785 e. The minimum atomic E-state index is -1.11. The van der Waals surface area contributed by atoms with Crippen LogP contribution in [0.15, 0.2) is 40.5 Å². The number of hydrogen-bond donors (Lipinski definition) is 0. The Morgan fingerprint density at radius 3 is 2.38 bits per heavy atom. The SMILES string of the molecule is C[Si](C)(C)C(Br)=CCCCc1ccccc1. The van der Waals surface area contributed by atoms with E-state index in [1.807, 2.05) is 0 Å². The van der Waals surface area contributed by atoms with E-state index in [4.69, 9.17) is 0 Å². The fourth-order valence-electron chi connectivity index (χ4n) is 1.49. The molecule has 0 heterocycles. The summed E-state index contributed by atoms with van der Waals surface area (Å²) < 4.78 is 1.45. The van der Waals surface area contributed by atoms with Crippen molar-refractivity contribution in [1.29, 1.82) is 0 Å². The second-order valence-corrected chi connectivity index (χ2v) is 11.8. The Kier molecular flexibility index (Phi) is 5.49. The molecule has 0 atom stereocenters. The molecule has 1 aromatic rings. The second-order valence-electron chi connectivity index (χ2n) is 5.18. The first-order chi connectivity index (χ1) is 7.50. The zero-order valence-electron chi connectivity index (χ0n) is 10.5. The van der Waals surface area contributed by atoms with E-state index in [9.17, 15) is 0 Å². The molecular formula is C14H21BrSi. The molecule has 0 aromatic heterocycles. The van der Waals surface area contributed by atoms with Gasteiger partial charge in [-0.15, -0.1) is 0 Å². The van der Waals surface area contributed by atoms with Crippen molar-refractivity contribution in [3.8, 4) is 0 Å². The molecule has 2 heteroatoms. The van der Waals surface area contributed by atoms with Crippen LogP contribution in [-0.4, -0.2) is 8.07 Å². The number of unbranched alkanes of at least 4 members (excludes halogenated alkanes) is 1. The quantitative estimate of drug-likeness (QED) is 0.520. The molecule has 0 nitrogen and oxygen atoms in total. The molecule has 0 saturated carbocycles. The maximum Gasteiger partial charge on any atom is 0.0861 e. The summed E-state index contributed by atoms with van der Waals surface area (Å²) in [5.41, 5.74) is 1.44. The predicted octanol–water partition coefficient (Wildman–Crippen LogP) is 5.17. The van der Waals surface area contributed by atoms with E-state index in [1.165, 1.54) is 28.9 Å². The molecule has 0 fully saturated rings. The summed E-state index contributed by atoms with van der Waals surface area (Å²) in [6.45, 7) is 7.10. The van der Waals surface area contributed by atoms with Gasteiger partial charge in [-0.2, -0.15) is 0 Å². The molecule has 0 amide bonds. The van der Waals surface area contributed by atoms with E-state index in [-0.39, 0.29) is 0 Å². The van der Waals surface area contributed by atoms with Crippen LogP contribution in [0, 0.1) is 0 Å². The average molecular weight is 297 g/mol. The fraction of sp³-hybridized carbons (Fsp3) is 0.429. The van der Waals surface area contributed by atoms with Crippen LogP contribution < -0.4 is 0 Å². The Morgan fingerprint density at radius 1 is 1.19 bits per heavy atom. The van der Waals surface area contributed by atoms with E-state index in [1.54, 1.807) is 0 Å². The summed E-state index contributed by atoms with van der Waals surface area (Å²) in [5.74, 6) is 0. The maximum atomic E-state index is 3.71. The molecule has 0 aliphatic heterocycles. The lowest BCUT2D eigenvalue weighted by molar-refractivity contribution is 0.843. The van der Waals surface area contributed by atoms with Gasteiger partial charge in [-0.25, -0.2) is 0 Å². The lowest BCUT2D eigenvalue weighted by atomic mass is 10.1. The Bertz CT molecular complexity index is 336. The molecule has 16 heavy (non-hydrogen) atoms. The van der Waals surface area contributed by atoms with Crippen molar-refractivity contribution in [1.82, 2.24) is 0 Å². The van der Waals surface area contributed by atoms with Crippen molar-refractivity contribution >= 4 is 24.0 Å². The molecular weight excluding hydrogens is 276 g/mol. The first kappa shape index (κ1) is 13.7. The predicted molar refractivity (Wildman–Crippen MR) is 79.7 cm³/mol. The zero-order valence-corrected chi connectivity index (χ0v) is 13.0. The third kappa shape index (κ3) is 5.13. The Hall–Kier alpha value is -0.343. The Labute approximate surface area is 109 Å². The molecule has 88 valence electrons. The summed E-state index contributed by atoms with van der Waals surface area (Å²) in [4.78, 5) is 0. The van der Waals surface area contributed by atoms with Crippen molar-refractivity contribution in [2.24, 2.45) is 0 Å². The average Bonchev–Trinajstić information content (AvgIpc) is 2.24. The topological polar surface area (TPSA) is 0 Å². The highest BCUT2D eigenvalue weighted by atomic mass is 79.9. The van der Waals surface area contributed by atoms with E-state index >= 15 is 0 Å². The molecule has 0 N–H and O–H groups in total. The van der Waals surface area contributed by atoms with Crippen molar-refractivity contribution in [3.63, 3.8) is 0 Å². The van der Waals surface area contributed by atoms with Gasteiger partial charge in [0.05, 0.1) is 8.07 Å². The molecule has 0 radical (unpaired) electrons. The molecule has 0 aliphatic carbocycles. The lowest BCUT2D eigenvalue weighted by Gasteiger charge is -2.14. The van der Waals surface area contributed by atoms with Gasteiger partial charge in [0.1, 0.15) is 0 Å². The second kappa shape index (κ2) is 6.41. The summed E-state index contributed by atoms with van der Waals surface area (Å²) >= 11 is 3.71. The molecule has 0 saturated heterocycles. The van der Waals surface area contributed by atoms with Gasteiger partial charge < -0.3 is 0 Å². The smallest absolute Gasteiger partial charge is 0.0785 e. The van der Waals surface area contributed by atoms with Crippen molar-refractivity contribution < 1.29 is 0 Å². The van der Waals surface area contributed by atoms with Gasteiger partial charge in [0.2, 0.25) is 0 Å². The first-order valence-corrected chi connectivity index (χ1v) is 10.2. The monoisotopic (exact) mass is 296 g/mol. The van der Waals surface area contributed by atoms with Crippen LogP contribution in [-0.2, 0) is 6.42 Å². The third-order valence-corrected chi connectivity index (χ3v) is 8.08. The molecule has 0 bridgehead atoms. The lowest BCUT2D eigenvalue weighted by Crippen LogP contribution is -2.20. The highest BCUT2D eigenvalue weighted by molar-refractivity contribution is 9.12. The number of allylic oxidation sites excluding steroid dienone is 1. The fourth-order valence-corrected chi connectivity index (χ4v) is 2.47. The van der Waals surface area contributed by atoms with Crippen LogP contribution >= 0.6 is 15.9 Å². The van der Waals surface area contributed by atoms with Crippen LogP contribution in [0.5, 0.6) is 0 Å². The van der Waals surface area contributed by atoms with Gasteiger partial charge in [-0.3, -0.25) is 0 Å². The van der Waals surface area contributed by atoms with Crippen LogP contribution in [0.25, 0.3) is 0 Å². The highest BCUT2D eigenvalue weighted by Gasteiger charge is 2.16. The summed E-state index contributed by atoms with van der Waals surface area (Å²) in [5, 5.41) is 0. The van der Waals surface area contributed by atoms with E-state index in [0.29, 0.717) is 0 Å². The van der Waals surface area contributed by atoms with Crippen LogP contribution in [0.4, 0.5) is 0 Å². The van der Waals surface area contributed by atoms with Crippen LogP contribution in [0.2, 0.25) is 19.6 Å². The number of benzene rings is 1. The minimum absolute atomic E-state index is 1.11. The van der Waals surface area contributed by atoms with E-state index in [2.05, 4.69) is 72.0 Å². The number of aryl methyl sites for hydroxylation is 1. The molecule has 1 aromatic carbocycles. The Morgan fingerprint density at radius 2 is 1.81 bits per heavy atom. The van der Waals surface area contributed by atoms with Gasteiger partial charge >= 0.3 is 0 Å². The maximum absolute atomic E-state index is 3.71. The van der Waals surface area contributed by atoms with Gasteiger partial charge in [-0.1, -0.05) is 72.0 Å². The summed E-state index contributed by atoms with van der Waals surface area (Å²) in [7, 11) is -1.11. The Balaban J connectivity index is 2.32. The van der Waals surface area contributed by atoms with E-state index < -0.39 is 8.07 Å². The van der Waals surface area contributed by atoms with E-state index in [0.717, 1.165) is 0 Å². The van der Waals surface area contributed by atoms with Crippen LogP contribution in [0.1, 0.15) is 18.4 Å². The normalized spacial score (nSPS) is 12.9. The standard InChI is InChI=1S/C14H21BrSi/c1-16(2,3)14(15)12-8-7-11-13-9-5-4-6-10-13/h4-6,9-10,12H,7-8,11H2,1-3H3. The van der Waals surface area contributed by atoms with Gasteiger partial charge in [0.15, 0.2) is 0 Å². The first-order valence-electron chi connectivity index (χ1n) is 5.90. The largest absolute Gasteiger partial charge is 0.0861 e. The van der Waals surface area contributed by atoms with Crippen molar-refractivity contribution in [2.75, 3.05) is 0 Å². The summed E-state index contributed by atoms with van der Waals surface area (Å²) in [6.07, 6.45) is 5.97. The van der Waals surface area contributed by atoms with Gasteiger partial charge in [0.25, 0.3) is 0 Å². The van der Waals surface area contributed by atoms with Crippen LogP contribution in [0.3, 0.4) is 0 Å². The molecule has 0 unspecified atom stereocenters.